The van der Waals surface area contributed by atoms with Gasteiger partial charge >= 0.3 is 6.03 Å². The lowest BCUT2D eigenvalue weighted by molar-refractivity contribution is -0.908. The first-order chi connectivity index (χ1) is 9.34. The average Bonchev–Trinajstić information content (AvgIpc) is 2.46. The monoisotopic (exact) mass is 270 g/mol. The van der Waals surface area contributed by atoms with Gasteiger partial charge in [0.15, 0.2) is 0 Å². The summed E-state index contributed by atoms with van der Waals surface area (Å²) in [5.74, 6) is 0. The molecule has 0 aromatic carbocycles. The summed E-state index contributed by atoms with van der Waals surface area (Å²) < 4.78 is 5.33. The summed E-state index contributed by atoms with van der Waals surface area (Å²) in [7, 11) is 0. The van der Waals surface area contributed by atoms with E-state index in [1.54, 1.807) is 4.90 Å². The molecule has 2 fully saturated rings. The van der Waals surface area contributed by atoms with Gasteiger partial charge in [0.25, 0.3) is 0 Å². The van der Waals surface area contributed by atoms with Crippen LogP contribution in [0.4, 0.5) is 4.79 Å². The normalized spacial score (nSPS) is 22.1. The summed E-state index contributed by atoms with van der Waals surface area (Å²) in [6, 6.07) is 0.419. The third-order valence-corrected chi connectivity index (χ3v) is 4.13. The van der Waals surface area contributed by atoms with Crippen LogP contribution in [0.15, 0.2) is 0 Å². The van der Waals surface area contributed by atoms with E-state index in [2.05, 4.69) is 10.6 Å². The van der Waals surface area contributed by atoms with Gasteiger partial charge in [-0.1, -0.05) is 19.3 Å². The number of hydrogen-bond donors (Lipinski definition) is 3. The molecule has 1 saturated heterocycles. The van der Waals surface area contributed by atoms with Crippen LogP contribution in [0.25, 0.3) is 0 Å². The average molecular weight is 270 g/mol. The van der Waals surface area contributed by atoms with Gasteiger partial charge in [-0.3, -0.25) is 0 Å². The van der Waals surface area contributed by atoms with Crippen LogP contribution in [0.2, 0.25) is 0 Å². The van der Waals surface area contributed by atoms with Gasteiger partial charge in [0.2, 0.25) is 0 Å². The molecule has 1 aliphatic heterocycles. The molecule has 0 bridgehead atoms. The Bertz CT molecular complexity index is 261. The van der Waals surface area contributed by atoms with Gasteiger partial charge in [-0.2, -0.15) is 0 Å². The van der Waals surface area contributed by atoms with E-state index in [0.717, 1.165) is 58.7 Å². The van der Waals surface area contributed by atoms with E-state index in [1.807, 2.05) is 0 Å². The number of ether oxygens (including phenoxy) is 1. The number of quaternary nitrogens is 1. The highest BCUT2D eigenvalue weighted by Gasteiger charge is 2.16. The first kappa shape index (κ1) is 14.6. The molecule has 1 heterocycles. The molecule has 1 saturated carbocycles. The van der Waals surface area contributed by atoms with Crippen molar-refractivity contribution in [2.45, 2.75) is 44.6 Å². The summed E-state index contributed by atoms with van der Waals surface area (Å²) in [4.78, 5) is 13.3. The third-order valence-electron chi connectivity index (χ3n) is 4.13. The lowest BCUT2D eigenvalue weighted by Gasteiger charge is -2.24. The number of nitrogens with one attached hydrogen (secondary N) is 3. The van der Waals surface area contributed by atoms with E-state index in [1.165, 1.54) is 19.3 Å². The van der Waals surface area contributed by atoms with E-state index in [0.29, 0.717) is 6.04 Å². The predicted molar refractivity (Wildman–Crippen MR) is 74.4 cm³/mol. The Morgan fingerprint density at radius 1 is 1.16 bits per heavy atom. The second-order valence-electron chi connectivity index (χ2n) is 5.70. The van der Waals surface area contributed by atoms with Crippen molar-refractivity contribution in [2.24, 2.45) is 0 Å². The molecule has 2 aliphatic rings. The predicted octanol–water partition coefficient (Wildman–Crippen LogP) is -0.0765. The second-order valence-corrected chi connectivity index (χ2v) is 5.70. The van der Waals surface area contributed by atoms with Crippen molar-refractivity contribution in [1.29, 1.82) is 0 Å². The Morgan fingerprint density at radius 2 is 1.89 bits per heavy atom. The summed E-state index contributed by atoms with van der Waals surface area (Å²) in [6.45, 7) is 5.88. The van der Waals surface area contributed by atoms with Crippen molar-refractivity contribution in [3.63, 3.8) is 0 Å². The molecule has 0 aromatic heterocycles. The number of carbonyl (C=O) groups excluding carboxylic acids is 1. The SMILES string of the molecule is O=C(NCCC[NH+]1CCOCC1)NC1CCCCC1. The van der Waals surface area contributed by atoms with E-state index < -0.39 is 0 Å². The molecule has 0 spiro atoms. The van der Waals surface area contributed by atoms with Crippen LogP contribution in [-0.2, 0) is 4.74 Å². The van der Waals surface area contributed by atoms with Crippen LogP contribution < -0.4 is 15.5 Å². The van der Waals surface area contributed by atoms with Crippen LogP contribution in [-0.4, -0.2) is 51.5 Å². The standard InChI is InChI=1S/C14H27N3O2/c18-14(16-13-5-2-1-3-6-13)15-7-4-8-17-9-11-19-12-10-17/h13H,1-12H2,(H2,15,16,18)/p+1. The molecule has 2 rings (SSSR count). The Kier molecular flexibility index (Phi) is 6.44. The van der Waals surface area contributed by atoms with Gasteiger partial charge in [0.05, 0.1) is 19.8 Å². The molecule has 2 amide bonds. The minimum absolute atomic E-state index is 0.0175. The van der Waals surface area contributed by atoms with E-state index in [4.69, 9.17) is 4.74 Å². The topological polar surface area (TPSA) is 54.8 Å². The third kappa shape index (κ3) is 5.78. The molecule has 0 unspecified atom stereocenters. The van der Waals surface area contributed by atoms with Crippen LogP contribution in [0.1, 0.15) is 38.5 Å². The van der Waals surface area contributed by atoms with Crippen LogP contribution >= 0.6 is 0 Å². The Hall–Kier alpha value is -0.810. The van der Waals surface area contributed by atoms with Crippen LogP contribution in [0.3, 0.4) is 0 Å². The fourth-order valence-corrected chi connectivity index (χ4v) is 2.93. The highest BCUT2D eigenvalue weighted by Crippen LogP contribution is 2.16. The lowest BCUT2D eigenvalue weighted by atomic mass is 9.96. The van der Waals surface area contributed by atoms with Gasteiger partial charge in [0, 0.05) is 19.0 Å². The quantitative estimate of drug-likeness (QED) is 0.612. The van der Waals surface area contributed by atoms with Crippen molar-refractivity contribution in [3.8, 4) is 0 Å². The maximum absolute atomic E-state index is 11.7. The van der Waals surface area contributed by atoms with E-state index >= 15 is 0 Å². The molecule has 5 heteroatoms. The zero-order valence-corrected chi connectivity index (χ0v) is 11.9. The fraction of sp³-hybridized carbons (Fsp3) is 0.929. The van der Waals surface area contributed by atoms with Crippen molar-refractivity contribution < 1.29 is 14.4 Å². The smallest absolute Gasteiger partial charge is 0.315 e. The van der Waals surface area contributed by atoms with Crippen LogP contribution in [0, 0.1) is 0 Å². The number of urea groups is 1. The molecule has 110 valence electrons. The zero-order chi connectivity index (χ0) is 13.3. The van der Waals surface area contributed by atoms with Crippen LogP contribution in [0.5, 0.6) is 0 Å². The molecular formula is C14H28N3O2+. The fourth-order valence-electron chi connectivity index (χ4n) is 2.93. The Balaban J connectivity index is 1.48. The second kappa shape index (κ2) is 8.38. The molecule has 19 heavy (non-hydrogen) atoms. The van der Waals surface area contributed by atoms with Crippen molar-refractivity contribution in [1.82, 2.24) is 10.6 Å². The number of carbonyl (C=O) groups is 1. The number of amides is 2. The largest absolute Gasteiger partial charge is 0.370 e. The van der Waals surface area contributed by atoms with Gasteiger partial charge in [-0.25, -0.2) is 4.79 Å². The maximum atomic E-state index is 11.7. The molecule has 3 N–H and O–H groups in total. The summed E-state index contributed by atoms with van der Waals surface area (Å²) >= 11 is 0. The van der Waals surface area contributed by atoms with E-state index in [-0.39, 0.29) is 6.03 Å². The zero-order valence-electron chi connectivity index (χ0n) is 11.9. The number of rotatable bonds is 5. The molecular weight excluding hydrogens is 242 g/mol. The molecule has 0 radical (unpaired) electrons. The Labute approximate surface area is 116 Å². The first-order valence-electron chi connectivity index (χ1n) is 7.80. The maximum Gasteiger partial charge on any atom is 0.315 e. The van der Waals surface area contributed by atoms with Gasteiger partial charge < -0.3 is 20.3 Å². The highest BCUT2D eigenvalue weighted by atomic mass is 16.5. The van der Waals surface area contributed by atoms with Gasteiger partial charge in [-0.15, -0.1) is 0 Å². The van der Waals surface area contributed by atoms with Crippen molar-refractivity contribution >= 4 is 6.03 Å². The first-order valence-corrected chi connectivity index (χ1v) is 7.80. The van der Waals surface area contributed by atoms with Crippen molar-refractivity contribution in [2.75, 3.05) is 39.4 Å². The lowest BCUT2D eigenvalue weighted by Crippen LogP contribution is -3.14. The summed E-state index contributed by atoms with van der Waals surface area (Å²) in [6.07, 6.45) is 7.17. The summed E-state index contributed by atoms with van der Waals surface area (Å²) in [5, 5.41) is 6.06. The minimum Gasteiger partial charge on any atom is -0.370 e. The molecule has 1 aliphatic carbocycles. The van der Waals surface area contributed by atoms with Gasteiger partial charge in [-0.05, 0) is 12.8 Å². The van der Waals surface area contributed by atoms with E-state index in [9.17, 15) is 4.79 Å². The summed E-state index contributed by atoms with van der Waals surface area (Å²) in [5.41, 5.74) is 0. The number of hydrogen-bond acceptors (Lipinski definition) is 2. The Morgan fingerprint density at radius 3 is 2.63 bits per heavy atom. The van der Waals surface area contributed by atoms with Crippen molar-refractivity contribution in [3.05, 3.63) is 0 Å². The molecule has 5 nitrogen and oxygen atoms in total. The number of morpholine rings is 1. The highest BCUT2D eigenvalue weighted by molar-refractivity contribution is 5.74. The molecule has 0 atom stereocenters. The molecule has 0 aromatic rings. The minimum atomic E-state index is 0.0175. The van der Waals surface area contributed by atoms with Gasteiger partial charge in [0.1, 0.15) is 13.1 Å².